The third-order valence-corrected chi connectivity index (χ3v) is 2.06. The number of hydrogen-bond acceptors (Lipinski definition) is 2. The van der Waals surface area contributed by atoms with Crippen LogP contribution in [0.1, 0.15) is 12.5 Å². The fourth-order valence-corrected chi connectivity index (χ4v) is 1.21. The molecule has 1 aliphatic heterocycles. The summed E-state index contributed by atoms with van der Waals surface area (Å²) in [6.07, 6.45) is 0.680. The van der Waals surface area contributed by atoms with Crippen LogP contribution in [0.15, 0.2) is 30.3 Å². The highest BCUT2D eigenvalue weighted by Gasteiger charge is 2.33. The standard InChI is InChI=1S/C10H13NO/c1-8-10(12-8)11-7-9-5-3-2-4-6-9/h2-6,8,10-11H,7H2,1H3. The number of hydrogen-bond donors (Lipinski definition) is 1. The molecule has 0 saturated carbocycles. The molecule has 0 spiro atoms. The number of benzene rings is 1. The third-order valence-electron chi connectivity index (χ3n) is 2.06. The Labute approximate surface area is 72.5 Å². The van der Waals surface area contributed by atoms with Crippen LogP contribution in [0.2, 0.25) is 0 Å². The van der Waals surface area contributed by atoms with Crippen LogP contribution in [0.5, 0.6) is 0 Å². The van der Waals surface area contributed by atoms with Crippen molar-refractivity contribution in [3.63, 3.8) is 0 Å². The molecule has 2 heteroatoms. The highest BCUT2D eigenvalue weighted by Crippen LogP contribution is 2.17. The predicted octanol–water partition coefficient (Wildman–Crippen LogP) is 1.52. The molecule has 12 heavy (non-hydrogen) atoms. The Morgan fingerprint density at radius 3 is 2.58 bits per heavy atom. The summed E-state index contributed by atoms with van der Waals surface area (Å²) in [7, 11) is 0. The second-order valence-electron chi connectivity index (χ2n) is 3.13. The van der Waals surface area contributed by atoms with Crippen molar-refractivity contribution in [3.05, 3.63) is 35.9 Å². The molecular weight excluding hydrogens is 150 g/mol. The van der Waals surface area contributed by atoms with Gasteiger partial charge in [0.25, 0.3) is 0 Å². The maximum absolute atomic E-state index is 5.23. The molecule has 2 nitrogen and oxygen atoms in total. The Bertz CT molecular complexity index is 247. The van der Waals surface area contributed by atoms with Crippen molar-refractivity contribution in [1.29, 1.82) is 0 Å². The second-order valence-corrected chi connectivity index (χ2v) is 3.13. The molecule has 0 radical (unpaired) electrons. The Morgan fingerprint density at radius 1 is 1.33 bits per heavy atom. The quantitative estimate of drug-likeness (QED) is 0.683. The van der Waals surface area contributed by atoms with E-state index in [1.165, 1.54) is 5.56 Å². The zero-order chi connectivity index (χ0) is 8.39. The molecule has 1 fully saturated rings. The molecule has 1 aromatic rings. The third kappa shape index (κ3) is 1.84. The molecule has 1 aromatic carbocycles. The summed E-state index contributed by atoms with van der Waals surface area (Å²) in [6.45, 7) is 2.97. The summed E-state index contributed by atoms with van der Waals surface area (Å²) in [6, 6.07) is 10.3. The van der Waals surface area contributed by atoms with Gasteiger partial charge in [0.2, 0.25) is 0 Å². The molecule has 2 rings (SSSR count). The number of nitrogens with one attached hydrogen (secondary N) is 1. The van der Waals surface area contributed by atoms with Gasteiger partial charge in [0.1, 0.15) is 6.23 Å². The van der Waals surface area contributed by atoms with Gasteiger partial charge in [0.05, 0.1) is 6.10 Å². The summed E-state index contributed by atoms with van der Waals surface area (Å²) < 4.78 is 5.23. The summed E-state index contributed by atoms with van der Waals surface area (Å²) in [4.78, 5) is 0. The van der Waals surface area contributed by atoms with Crippen LogP contribution in [-0.2, 0) is 11.3 Å². The van der Waals surface area contributed by atoms with E-state index in [0.717, 1.165) is 6.54 Å². The topological polar surface area (TPSA) is 24.6 Å². The Morgan fingerprint density at radius 2 is 2.00 bits per heavy atom. The van der Waals surface area contributed by atoms with E-state index in [0.29, 0.717) is 6.10 Å². The van der Waals surface area contributed by atoms with Gasteiger partial charge in [0.15, 0.2) is 0 Å². The summed E-state index contributed by atoms with van der Waals surface area (Å²) in [5.74, 6) is 0. The van der Waals surface area contributed by atoms with E-state index in [2.05, 4.69) is 24.4 Å². The van der Waals surface area contributed by atoms with Crippen LogP contribution >= 0.6 is 0 Å². The van der Waals surface area contributed by atoms with E-state index < -0.39 is 0 Å². The van der Waals surface area contributed by atoms with Crippen LogP contribution in [0, 0.1) is 0 Å². The SMILES string of the molecule is CC1OC1NCc1ccccc1. The molecule has 1 aliphatic rings. The molecule has 64 valence electrons. The maximum Gasteiger partial charge on any atom is 0.135 e. The lowest BCUT2D eigenvalue weighted by Gasteiger charge is -1.99. The Kier molecular flexibility index (Phi) is 2.11. The molecule has 1 saturated heterocycles. The van der Waals surface area contributed by atoms with Crippen LogP contribution in [0.4, 0.5) is 0 Å². The van der Waals surface area contributed by atoms with Crippen molar-refractivity contribution in [2.45, 2.75) is 25.8 Å². The van der Waals surface area contributed by atoms with E-state index in [9.17, 15) is 0 Å². The minimum atomic E-state index is 0.283. The van der Waals surface area contributed by atoms with Crippen molar-refractivity contribution in [2.75, 3.05) is 0 Å². The average molecular weight is 163 g/mol. The fraction of sp³-hybridized carbons (Fsp3) is 0.400. The first-order chi connectivity index (χ1) is 5.86. The lowest BCUT2D eigenvalue weighted by Crippen LogP contribution is -2.18. The summed E-state index contributed by atoms with van der Waals surface area (Å²) in [5, 5.41) is 3.30. The van der Waals surface area contributed by atoms with Gasteiger partial charge < -0.3 is 4.74 Å². The molecule has 0 aromatic heterocycles. The van der Waals surface area contributed by atoms with Crippen molar-refractivity contribution in [2.24, 2.45) is 0 Å². The Balaban J connectivity index is 1.80. The monoisotopic (exact) mass is 163 g/mol. The molecule has 0 amide bonds. The molecule has 0 bridgehead atoms. The molecule has 0 aliphatic carbocycles. The first kappa shape index (κ1) is 7.77. The predicted molar refractivity (Wildman–Crippen MR) is 47.6 cm³/mol. The second kappa shape index (κ2) is 3.25. The van der Waals surface area contributed by atoms with E-state index in [1.807, 2.05) is 18.2 Å². The van der Waals surface area contributed by atoms with Crippen molar-refractivity contribution < 1.29 is 4.74 Å². The molecule has 1 N–H and O–H groups in total. The fourth-order valence-electron chi connectivity index (χ4n) is 1.21. The van der Waals surface area contributed by atoms with Gasteiger partial charge in [-0.3, -0.25) is 5.32 Å². The van der Waals surface area contributed by atoms with E-state index in [4.69, 9.17) is 4.74 Å². The summed E-state index contributed by atoms with van der Waals surface area (Å²) >= 11 is 0. The number of rotatable bonds is 3. The van der Waals surface area contributed by atoms with E-state index in [-0.39, 0.29) is 6.23 Å². The molecule has 2 unspecified atom stereocenters. The zero-order valence-corrected chi connectivity index (χ0v) is 7.16. The summed E-state index contributed by atoms with van der Waals surface area (Å²) in [5.41, 5.74) is 1.31. The van der Waals surface area contributed by atoms with Crippen molar-refractivity contribution in [3.8, 4) is 0 Å². The van der Waals surface area contributed by atoms with E-state index >= 15 is 0 Å². The van der Waals surface area contributed by atoms with E-state index in [1.54, 1.807) is 0 Å². The number of ether oxygens (including phenoxy) is 1. The molecule has 1 heterocycles. The number of epoxide rings is 1. The lowest BCUT2D eigenvalue weighted by atomic mass is 10.2. The van der Waals surface area contributed by atoms with Crippen molar-refractivity contribution in [1.82, 2.24) is 5.32 Å². The highest BCUT2D eigenvalue weighted by molar-refractivity contribution is 5.14. The average Bonchev–Trinajstić information content (AvgIpc) is 2.81. The lowest BCUT2D eigenvalue weighted by molar-refractivity contribution is 0.349. The molecule has 2 atom stereocenters. The largest absolute Gasteiger partial charge is 0.354 e. The minimum absolute atomic E-state index is 0.283. The Hall–Kier alpha value is -0.860. The zero-order valence-electron chi connectivity index (χ0n) is 7.16. The normalized spacial score (nSPS) is 27.1. The van der Waals surface area contributed by atoms with Crippen LogP contribution in [-0.4, -0.2) is 12.3 Å². The van der Waals surface area contributed by atoms with Crippen LogP contribution < -0.4 is 5.32 Å². The van der Waals surface area contributed by atoms with Gasteiger partial charge in [-0.1, -0.05) is 30.3 Å². The van der Waals surface area contributed by atoms with Gasteiger partial charge in [0, 0.05) is 6.54 Å². The first-order valence-electron chi connectivity index (χ1n) is 4.29. The minimum Gasteiger partial charge on any atom is -0.354 e. The first-order valence-corrected chi connectivity index (χ1v) is 4.29. The molecular formula is C10H13NO. The van der Waals surface area contributed by atoms with Gasteiger partial charge in [-0.2, -0.15) is 0 Å². The maximum atomic E-state index is 5.23. The van der Waals surface area contributed by atoms with Gasteiger partial charge in [-0.25, -0.2) is 0 Å². The van der Waals surface area contributed by atoms with Gasteiger partial charge in [-0.15, -0.1) is 0 Å². The van der Waals surface area contributed by atoms with Crippen LogP contribution in [0.25, 0.3) is 0 Å². The van der Waals surface area contributed by atoms with Crippen LogP contribution in [0.3, 0.4) is 0 Å². The van der Waals surface area contributed by atoms with Gasteiger partial charge >= 0.3 is 0 Å². The highest BCUT2D eigenvalue weighted by atomic mass is 16.6. The van der Waals surface area contributed by atoms with Gasteiger partial charge in [-0.05, 0) is 12.5 Å². The smallest absolute Gasteiger partial charge is 0.135 e. The van der Waals surface area contributed by atoms with Crippen molar-refractivity contribution >= 4 is 0 Å².